The number of rotatable bonds is 1. The highest BCUT2D eigenvalue weighted by Gasteiger charge is 2.00. The number of hydrogen-bond donors (Lipinski definition) is 0. The van der Waals surface area contributed by atoms with Crippen LogP contribution in [0.15, 0.2) is 0 Å². The van der Waals surface area contributed by atoms with Crippen LogP contribution in [-0.2, 0) is 9.63 Å². The zero-order valence-corrected chi connectivity index (χ0v) is 4.05. The first-order chi connectivity index (χ1) is 3.31. The lowest BCUT2D eigenvalue weighted by Crippen LogP contribution is -1.92. The normalized spacial score (nSPS) is 6.86. The fraction of sp³-hybridized carbons (Fsp3) is 0.500. The van der Waals surface area contributed by atoms with Crippen molar-refractivity contribution in [3.63, 3.8) is 0 Å². The first-order valence-corrected chi connectivity index (χ1v) is 1.91. The third kappa shape index (κ3) is 2.77. The molecule has 0 heterocycles. The van der Waals surface area contributed by atoms with Gasteiger partial charge in [-0.05, 0) is 0 Å². The molecule has 0 aromatic heterocycles. The van der Waals surface area contributed by atoms with E-state index in [0.717, 1.165) is 0 Å². The molecule has 0 aliphatic rings. The predicted octanol–water partition coefficient (Wildman–Crippen LogP) is 0.817. The quantitative estimate of drug-likeness (QED) is 0.456. The first kappa shape index (κ1) is 5.96. The Morgan fingerprint density at radius 1 is 2.00 bits per heavy atom. The fourth-order valence-corrected chi connectivity index (χ4v) is 0.123. The Morgan fingerprint density at radius 2 is 2.57 bits per heavy atom. The highest BCUT2D eigenvalue weighted by molar-refractivity contribution is 5.69. The zero-order valence-electron chi connectivity index (χ0n) is 4.05. The van der Waals surface area contributed by atoms with E-state index in [2.05, 4.69) is 16.4 Å². The van der Waals surface area contributed by atoms with Gasteiger partial charge in [-0.1, -0.05) is 11.8 Å². The van der Waals surface area contributed by atoms with Gasteiger partial charge < -0.3 is 0 Å². The molecule has 0 atom stereocenters. The number of carbonyl (C=O) groups is 1. The molecule has 0 spiro atoms. The van der Waals surface area contributed by atoms with E-state index in [1.54, 1.807) is 6.92 Å². The van der Waals surface area contributed by atoms with Crippen LogP contribution in [-0.4, -0.2) is 5.97 Å². The largest absolute Gasteiger partial charge is 0.398 e. The van der Waals surface area contributed by atoms with Gasteiger partial charge in [0.05, 0.1) is 6.42 Å². The van der Waals surface area contributed by atoms with Crippen LogP contribution in [0.4, 0.5) is 0 Å². The number of nitrogens with zero attached hydrogens (tertiary/aromatic N) is 1. The van der Waals surface area contributed by atoms with Gasteiger partial charge in [-0.2, -0.15) is 0 Å². The van der Waals surface area contributed by atoms with Gasteiger partial charge in [0.25, 0.3) is 0 Å². The average Bonchev–Trinajstić information content (AvgIpc) is 1.68. The topological polar surface area (TPSA) is 30.7 Å². The summed E-state index contributed by atoms with van der Waals surface area (Å²) in [6.45, 7) is 6.15. The van der Waals surface area contributed by atoms with E-state index < -0.39 is 5.97 Å². The lowest BCUT2D eigenvalue weighted by Gasteiger charge is -1.72. The summed E-state index contributed by atoms with van der Waals surface area (Å²) in [7, 11) is 0. The van der Waals surface area contributed by atoms with Crippen molar-refractivity contribution in [1.29, 1.82) is 0 Å². The molecular formula is C4H6NO2+. The second-order valence-corrected chi connectivity index (χ2v) is 0.922. The summed E-state index contributed by atoms with van der Waals surface area (Å²) in [5, 5.41) is 2.66. The van der Waals surface area contributed by atoms with E-state index in [9.17, 15) is 4.79 Å². The van der Waals surface area contributed by atoms with Gasteiger partial charge in [-0.25, -0.2) is 4.79 Å². The molecule has 0 aliphatic heterocycles. The van der Waals surface area contributed by atoms with Crippen LogP contribution < -0.4 is 0 Å². The molecule has 3 heteroatoms. The summed E-state index contributed by atoms with van der Waals surface area (Å²) in [5.74, 6) is -0.414. The molecular weight excluding hydrogens is 94.0 g/mol. The molecule has 0 N–H and O–H groups in total. The minimum absolute atomic E-state index is 0.306. The first-order valence-electron chi connectivity index (χ1n) is 1.91. The molecule has 38 valence electrons. The molecule has 0 aliphatic carbocycles. The molecule has 0 aromatic rings. The molecule has 0 fully saturated rings. The van der Waals surface area contributed by atoms with Gasteiger partial charge in [-0.15, -0.1) is 0 Å². The van der Waals surface area contributed by atoms with Crippen molar-refractivity contribution in [3.8, 4) is 6.57 Å². The smallest absolute Gasteiger partial charge is 0.243 e. The molecule has 0 aromatic carbocycles. The van der Waals surface area contributed by atoms with Gasteiger partial charge in [0, 0.05) is 0 Å². The highest BCUT2D eigenvalue weighted by Crippen LogP contribution is 1.81. The van der Waals surface area contributed by atoms with Crippen molar-refractivity contribution in [2.45, 2.75) is 13.3 Å². The predicted molar refractivity (Wildman–Crippen MR) is 24.7 cm³/mol. The SMILES string of the molecule is C#[N+]OC(=O)CC. The Bertz CT molecular complexity index is 103. The summed E-state index contributed by atoms with van der Waals surface area (Å²) >= 11 is 0. The standard InChI is InChI=1S/C4H6NO2/c1-3-4(6)7-5-2/h2H,3H2,1H3/q+1. The molecule has 7 heavy (non-hydrogen) atoms. The van der Waals surface area contributed by atoms with Gasteiger partial charge in [0.2, 0.25) is 5.01 Å². The van der Waals surface area contributed by atoms with Crippen LogP contribution in [0.5, 0.6) is 0 Å². The summed E-state index contributed by atoms with van der Waals surface area (Å²) < 4.78 is 0. The van der Waals surface area contributed by atoms with Gasteiger partial charge in [0.1, 0.15) is 0 Å². The van der Waals surface area contributed by atoms with Crippen molar-refractivity contribution in [2.75, 3.05) is 0 Å². The van der Waals surface area contributed by atoms with Crippen molar-refractivity contribution in [2.24, 2.45) is 0 Å². The van der Waals surface area contributed by atoms with Gasteiger partial charge in [0.15, 0.2) is 0 Å². The van der Waals surface area contributed by atoms with Crippen LogP contribution in [0.2, 0.25) is 0 Å². The average molecular weight is 100 g/mol. The maximum absolute atomic E-state index is 10.0. The van der Waals surface area contributed by atoms with E-state index in [-0.39, 0.29) is 0 Å². The highest BCUT2D eigenvalue weighted by atomic mass is 16.7. The Hall–Kier alpha value is -1.04. The van der Waals surface area contributed by atoms with Crippen molar-refractivity contribution >= 4 is 5.97 Å². The van der Waals surface area contributed by atoms with E-state index in [1.165, 1.54) is 0 Å². The van der Waals surface area contributed by atoms with Gasteiger partial charge >= 0.3 is 12.5 Å². The lowest BCUT2D eigenvalue weighted by molar-refractivity contribution is -0.137. The van der Waals surface area contributed by atoms with Crippen molar-refractivity contribution in [3.05, 3.63) is 5.01 Å². The summed E-state index contributed by atoms with van der Waals surface area (Å²) in [6.07, 6.45) is 0.306. The Morgan fingerprint density at radius 3 is 2.71 bits per heavy atom. The summed E-state index contributed by atoms with van der Waals surface area (Å²) in [5.41, 5.74) is 0. The van der Waals surface area contributed by atoms with Crippen molar-refractivity contribution in [1.82, 2.24) is 0 Å². The monoisotopic (exact) mass is 100 g/mol. The maximum Gasteiger partial charge on any atom is 0.398 e. The van der Waals surface area contributed by atoms with E-state index >= 15 is 0 Å². The molecule has 3 nitrogen and oxygen atoms in total. The lowest BCUT2D eigenvalue weighted by atomic mass is 10.5. The van der Waals surface area contributed by atoms with Crippen molar-refractivity contribution < 1.29 is 9.63 Å². The van der Waals surface area contributed by atoms with Crippen LogP contribution in [0, 0.1) is 6.57 Å². The molecule has 0 rings (SSSR count). The third-order valence-electron chi connectivity index (χ3n) is 0.443. The third-order valence-corrected chi connectivity index (χ3v) is 0.443. The second-order valence-electron chi connectivity index (χ2n) is 0.922. The molecule has 0 unspecified atom stereocenters. The van der Waals surface area contributed by atoms with Crippen LogP contribution in [0.25, 0.3) is 5.01 Å². The van der Waals surface area contributed by atoms with Gasteiger partial charge in [-0.3, -0.25) is 0 Å². The summed E-state index contributed by atoms with van der Waals surface area (Å²) in [6, 6.07) is 0. The fourth-order valence-electron chi connectivity index (χ4n) is 0.123. The Labute approximate surface area is 41.7 Å². The van der Waals surface area contributed by atoms with Crippen LogP contribution in [0.3, 0.4) is 0 Å². The molecule has 0 amide bonds. The minimum atomic E-state index is -0.414. The second kappa shape index (κ2) is 3.16. The zero-order chi connectivity index (χ0) is 5.70. The Balaban J connectivity index is 3.23. The maximum atomic E-state index is 10.0. The molecule has 0 saturated carbocycles. The van der Waals surface area contributed by atoms with Crippen LogP contribution in [0.1, 0.15) is 13.3 Å². The Kier molecular flexibility index (Phi) is 2.69. The number of carbonyl (C=O) groups excluding carboxylic acids is 1. The minimum Gasteiger partial charge on any atom is -0.243 e. The van der Waals surface area contributed by atoms with E-state index in [4.69, 9.17) is 0 Å². The van der Waals surface area contributed by atoms with Crippen LogP contribution >= 0.6 is 0 Å². The van der Waals surface area contributed by atoms with E-state index in [1.807, 2.05) is 0 Å². The summed E-state index contributed by atoms with van der Waals surface area (Å²) in [4.78, 5) is 14.0. The van der Waals surface area contributed by atoms with E-state index in [0.29, 0.717) is 6.42 Å². The molecule has 0 saturated heterocycles. The molecule has 0 radical (unpaired) electrons. The number of hydrogen-bond acceptors (Lipinski definition) is 2. The molecule has 0 bridgehead atoms.